The fraction of sp³-hybridized carbons (Fsp3) is 0.432. The number of benzene rings is 3. The molecule has 0 aromatic heterocycles. The van der Waals surface area contributed by atoms with E-state index < -0.39 is 15.7 Å². The van der Waals surface area contributed by atoms with Gasteiger partial charge in [0, 0.05) is 45.2 Å². The van der Waals surface area contributed by atoms with Crippen LogP contribution in [0.1, 0.15) is 58.4 Å². The molecule has 0 bridgehead atoms. The van der Waals surface area contributed by atoms with Gasteiger partial charge in [-0.1, -0.05) is 18.2 Å². The van der Waals surface area contributed by atoms with Crippen molar-refractivity contribution in [1.82, 2.24) is 9.80 Å². The highest BCUT2D eigenvalue weighted by molar-refractivity contribution is 7.91. The fourth-order valence-corrected chi connectivity index (χ4v) is 7.24. The average Bonchev–Trinajstić information content (AvgIpc) is 3.12. The third-order valence-corrected chi connectivity index (χ3v) is 10.6. The second kappa shape index (κ2) is 18.0. The number of piperazine rings is 1. The predicted molar refractivity (Wildman–Crippen MR) is 195 cm³/mol. The Morgan fingerprint density at radius 1 is 0.920 bits per heavy atom. The topological polar surface area (TPSA) is 152 Å². The van der Waals surface area contributed by atoms with Crippen LogP contribution in [0.3, 0.4) is 0 Å². The van der Waals surface area contributed by atoms with Crippen LogP contribution in [0.25, 0.3) is 0 Å². The summed E-state index contributed by atoms with van der Waals surface area (Å²) in [5.41, 5.74) is 7.66. The van der Waals surface area contributed by atoms with Crippen molar-refractivity contribution in [1.29, 1.82) is 0 Å². The standard InChI is InChI=1S/C37H49N5O7S/c1-27-14-17-31(33(25-27)49-23-9-5-6-13-35(43)42-21-19-40(2)20-22-42)41(3)37(45)28-15-16-30(32(26-28)48-4)39-36(44)29-11-7-8-12-34(29)50(46,47)24-10-18-38/h7-8,11-12,14-17,25-26H,5-6,9-10,13,18-24,38H2,1-4H3,(H,39,44). The average molecular weight is 708 g/mol. The number of carbonyl (C=O) groups is 3. The molecule has 1 aliphatic rings. The van der Waals surface area contributed by atoms with E-state index in [1.165, 1.54) is 30.2 Å². The Bertz CT molecular complexity index is 1760. The lowest BCUT2D eigenvalue weighted by atomic mass is 10.1. The van der Waals surface area contributed by atoms with E-state index >= 15 is 0 Å². The zero-order valence-electron chi connectivity index (χ0n) is 29.4. The van der Waals surface area contributed by atoms with Crippen molar-refractivity contribution in [2.75, 3.05) is 76.5 Å². The van der Waals surface area contributed by atoms with Crippen molar-refractivity contribution in [3.8, 4) is 11.5 Å². The zero-order chi connectivity index (χ0) is 36.3. The first-order valence-electron chi connectivity index (χ1n) is 16.9. The van der Waals surface area contributed by atoms with Gasteiger partial charge >= 0.3 is 0 Å². The number of nitrogens with one attached hydrogen (secondary N) is 1. The van der Waals surface area contributed by atoms with E-state index in [1.807, 2.05) is 30.0 Å². The van der Waals surface area contributed by atoms with Gasteiger partial charge in [0.25, 0.3) is 11.8 Å². The Morgan fingerprint density at radius 2 is 1.66 bits per heavy atom. The van der Waals surface area contributed by atoms with Gasteiger partial charge in [-0.05, 0) is 94.2 Å². The maximum absolute atomic E-state index is 13.7. The number of hydrogen-bond donors (Lipinski definition) is 2. The van der Waals surface area contributed by atoms with Crippen LogP contribution in [-0.2, 0) is 14.6 Å². The number of amides is 3. The van der Waals surface area contributed by atoms with Gasteiger partial charge in [0.15, 0.2) is 9.84 Å². The number of likely N-dealkylation sites (N-methyl/N-ethyl adjacent to an activating group) is 1. The van der Waals surface area contributed by atoms with Crippen molar-refractivity contribution in [2.45, 2.75) is 43.9 Å². The summed E-state index contributed by atoms with van der Waals surface area (Å²) in [6.07, 6.45) is 3.23. The number of nitrogens with zero attached hydrogens (tertiary/aromatic N) is 3. The van der Waals surface area contributed by atoms with Crippen LogP contribution in [0.5, 0.6) is 11.5 Å². The van der Waals surface area contributed by atoms with Crippen molar-refractivity contribution in [3.63, 3.8) is 0 Å². The lowest BCUT2D eigenvalue weighted by Gasteiger charge is -2.32. The van der Waals surface area contributed by atoms with Gasteiger partial charge in [-0.25, -0.2) is 8.42 Å². The van der Waals surface area contributed by atoms with Gasteiger partial charge in [-0.3, -0.25) is 14.4 Å². The van der Waals surface area contributed by atoms with Crippen molar-refractivity contribution >= 4 is 38.9 Å². The molecule has 50 heavy (non-hydrogen) atoms. The molecule has 1 aliphatic heterocycles. The van der Waals surface area contributed by atoms with Crippen LogP contribution in [-0.4, -0.2) is 102 Å². The summed E-state index contributed by atoms with van der Waals surface area (Å²) in [5, 5.41) is 2.73. The monoisotopic (exact) mass is 707 g/mol. The number of hydrogen-bond acceptors (Lipinski definition) is 9. The van der Waals surface area contributed by atoms with Gasteiger partial charge < -0.3 is 35.2 Å². The molecule has 3 N–H and O–H groups in total. The number of methoxy groups -OCH3 is 1. The Hall–Kier alpha value is -4.46. The molecule has 0 unspecified atom stereocenters. The van der Waals surface area contributed by atoms with Crippen molar-refractivity contribution < 1.29 is 32.3 Å². The summed E-state index contributed by atoms with van der Waals surface area (Å²) in [6, 6.07) is 16.3. The maximum Gasteiger partial charge on any atom is 0.258 e. The lowest BCUT2D eigenvalue weighted by molar-refractivity contribution is -0.132. The van der Waals surface area contributed by atoms with Crippen molar-refractivity contribution in [2.24, 2.45) is 5.73 Å². The predicted octanol–water partition coefficient (Wildman–Crippen LogP) is 4.37. The van der Waals surface area contributed by atoms with E-state index in [-0.39, 0.29) is 52.4 Å². The molecule has 3 aromatic carbocycles. The minimum absolute atomic E-state index is 0.00231. The molecule has 12 nitrogen and oxygen atoms in total. The minimum Gasteiger partial charge on any atom is -0.495 e. The summed E-state index contributed by atoms with van der Waals surface area (Å²) < 4.78 is 37.4. The summed E-state index contributed by atoms with van der Waals surface area (Å²) in [5.74, 6) is -0.114. The zero-order valence-corrected chi connectivity index (χ0v) is 30.3. The van der Waals surface area contributed by atoms with E-state index in [1.54, 1.807) is 31.3 Å². The molecule has 270 valence electrons. The molecule has 0 spiro atoms. The first kappa shape index (κ1) is 38.3. The molecule has 1 saturated heterocycles. The lowest BCUT2D eigenvalue weighted by Crippen LogP contribution is -2.47. The first-order chi connectivity index (χ1) is 23.9. The number of ether oxygens (including phenoxy) is 2. The van der Waals surface area contributed by atoms with Crippen LogP contribution >= 0.6 is 0 Å². The molecule has 0 saturated carbocycles. The smallest absolute Gasteiger partial charge is 0.258 e. The molecular weight excluding hydrogens is 659 g/mol. The molecule has 4 rings (SSSR count). The number of sulfone groups is 1. The van der Waals surface area contributed by atoms with Gasteiger partial charge in [0.1, 0.15) is 11.5 Å². The van der Waals surface area contributed by atoms with Gasteiger partial charge in [-0.15, -0.1) is 0 Å². The van der Waals surface area contributed by atoms with Crippen LogP contribution in [0.2, 0.25) is 0 Å². The SMILES string of the molecule is COc1cc(C(=O)N(C)c2ccc(C)cc2OCCCCCC(=O)N2CCN(C)CC2)ccc1NC(=O)c1ccccc1S(=O)(=O)CCCN. The van der Waals surface area contributed by atoms with E-state index in [0.29, 0.717) is 30.0 Å². The molecule has 1 heterocycles. The number of rotatable bonds is 16. The number of unbranched alkanes of at least 4 members (excludes halogenated alkanes) is 2. The Balaban J connectivity index is 1.38. The third-order valence-electron chi connectivity index (χ3n) is 8.71. The largest absolute Gasteiger partial charge is 0.495 e. The Morgan fingerprint density at radius 3 is 2.38 bits per heavy atom. The van der Waals surface area contributed by atoms with E-state index in [9.17, 15) is 22.8 Å². The van der Waals surface area contributed by atoms with E-state index in [2.05, 4.69) is 17.3 Å². The van der Waals surface area contributed by atoms with Crippen LogP contribution in [0.4, 0.5) is 11.4 Å². The van der Waals surface area contributed by atoms with E-state index in [0.717, 1.165) is 51.0 Å². The molecule has 3 aromatic rings. The highest BCUT2D eigenvalue weighted by Crippen LogP contribution is 2.32. The Kier molecular flexibility index (Phi) is 13.8. The summed E-state index contributed by atoms with van der Waals surface area (Å²) in [4.78, 5) is 45.1. The number of anilines is 2. The molecule has 0 aliphatic carbocycles. The summed E-state index contributed by atoms with van der Waals surface area (Å²) in [7, 11) is 1.42. The Labute approximate surface area is 295 Å². The van der Waals surface area contributed by atoms with Gasteiger partial charge in [0.05, 0.1) is 41.3 Å². The van der Waals surface area contributed by atoms with Crippen molar-refractivity contribution in [3.05, 3.63) is 77.4 Å². The molecular formula is C37H49N5O7S. The fourth-order valence-electron chi connectivity index (χ4n) is 5.69. The second-order valence-electron chi connectivity index (χ2n) is 12.5. The van der Waals surface area contributed by atoms with Crippen LogP contribution in [0.15, 0.2) is 65.6 Å². The number of aryl methyl sites for hydroxylation is 1. The summed E-state index contributed by atoms with van der Waals surface area (Å²) >= 11 is 0. The first-order valence-corrected chi connectivity index (χ1v) is 18.6. The van der Waals surface area contributed by atoms with Crippen LogP contribution < -0.4 is 25.4 Å². The highest BCUT2D eigenvalue weighted by Gasteiger charge is 2.24. The third kappa shape index (κ3) is 10.1. The summed E-state index contributed by atoms with van der Waals surface area (Å²) in [6.45, 7) is 6.00. The quantitative estimate of drug-likeness (QED) is 0.207. The highest BCUT2D eigenvalue weighted by atomic mass is 32.2. The van der Waals surface area contributed by atoms with Gasteiger partial charge in [0.2, 0.25) is 5.91 Å². The molecule has 3 amide bonds. The molecule has 0 radical (unpaired) electrons. The van der Waals surface area contributed by atoms with Gasteiger partial charge in [-0.2, -0.15) is 0 Å². The second-order valence-corrected chi connectivity index (χ2v) is 14.6. The van der Waals surface area contributed by atoms with E-state index in [4.69, 9.17) is 15.2 Å². The normalized spacial score (nSPS) is 13.5. The number of carbonyl (C=O) groups excluding carboxylic acids is 3. The molecule has 13 heteroatoms. The maximum atomic E-state index is 13.7. The number of nitrogens with two attached hydrogens (primary N) is 1. The minimum atomic E-state index is -3.73. The molecule has 1 fully saturated rings. The van der Waals surface area contributed by atoms with Crippen LogP contribution in [0, 0.1) is 6.92 Å². The molecule has 0 atom stereocenters.